The van der Waals surface area contributed by atoms with Gasteiger partial charge in [0.15, 0.2) is 6.29 Å². The lowest BCUT2D eigenvalue weighted by molar-refractivity contribution is -0.301. The molecular weight excluding hydrogens is 909 g/mol. The Kier molecular flexibility index (Phi) is 42.9. The molecule has 0 aliphatic carbocycles. The number of aliphatic hydroxyl groups is 3. The van der Waals surface area contributed by atoms with Crippen LogP contribution in [0.15, 0.2) is 122 Å². The van der Waals surface area contributed by atoms with Crippen molar-refractivity contribution >= 4 is 16.4 Å². The lowest BCUT2D eigenvalue weighted by Gasteiger charge is -2.41. The molecule has 0 spiro atoms. The fourth-order valence-electron chi connectivity index (χ4n) is 7.20. The lowest BCUT2D eigenvalue weighted by Crippen LogP contribution is -2.60. The van der Waals surface area contributed by atoms with Crippen molar-refractivity contribution in [3.8, 4) is 0 Å². The SMILES string of the molecule is CC/C=C\C/C=C\C/C=C\C/C=C\C/C=C\C/C=C\C/C=C\CCCCCC(=O)OC(COCCCCCCCCCC/C=C\C/C=C\C/C=C\CC)COC1OC(CO)C(O)C(OS(=O)(=O)O)C1O. The van der Waals surface area contributed by atoms with E-state index in [1.54, 1.807) is 0 Å². The van der Waals surface area contributed by atoms with E-state index in [0.717, 1.165) is 116 Å². The van der Waals surface area contributed by atoms with Gasteiger partial charge in [-0.05, 0) is 103 Å². The van der Waals surface area contributed by atoms with Gasteiger partial charge < -0.3 is 34.3 Å². The summed E-state index contributed by atoms with van der Waals surface area (Å²) in [6.45, 7) is 3.69. The number of ether oxygens (including phenoxy) is 4. The van der Waals surface area contributed by atoms with Crippen LogP contribution in [0.1, 0.15) is 168 Å². The van der Waals surface area contributed by atoms with Crippen molar-refractivity contribution < 1.29 is 56.2 Å². The molecule has 13 heteroatoms. The Labute approximate surface area is 423 Å². The summed E-state index contributed by atoms with van der Waals surface area (Å²) in [6, 6.07) is 0. The molecule has 1 heterocycles. The average molecular weight is 1000 g/mol. The molecule has 4 N–H and O–H groups in total. The van der Waals surface area contributed by atoms with Crippen molar-refractivity contribution in [3.05, 3.63) is 122 Å². The van der Waals surface area contributed by atoms with Gasteiger partial charge in [0.2, 0.25) is 0 Å². The van der Waals surface area contributed by atoms with Crippen molar-refractivity contribution in [2.75, 3.05) is 26.4 Å². The summed E-state index contributed by atoms with van der Waals surface area (Å²) in [5.74, 6) is -0.439. The molecule has 0 radical (unpaired) electrons. The third kappa shape index (κ3) is 39.2. The standard InChI is InChI=1S/C57H92O12S/c1-3-5-7-9-11-13-15-17-19-21-23-24-25-26-27-28-29-30-32-34-36-38-40-42-44-46-53(59)67-51(50-66-57-55(61)56(69-70(62,63)64)54(60)52(48-58)68-57)49-65-47-45-43-41-39-37-35-33-31-22-20-18-16-14-12-10-8-6-4-2/h5-8,11-14,17-20,23-24,26-27,29-30,34,36,51-52,54-58,60-61H,3-4,9-10,15-16,21-22,25,28,31-33,35,37-50H2,1-2H3,(H,62,63,64)/b7-5-,8-6-,13-11-,14-12-,19-17-,20-18-,24-23-,27-26-,30-29-,36-34-. The summed E-state index contributed by atoms with van der Waals surface area (Å²) in [6.07, 6.45) is 58.0. The van der Waals surface area contributed by atoms with Gasteiger partial charge in [-0.25, -0.2) is 4.18 Å². The van der Waals surface area contributed by atoms with E-state index in [9.17, 15) is 33.1 Å². The van der Waals surface area contributed by atoms with E-state index in [0.29, 0.717) is 13.0 Å². The second-order valence-electron chi connectivity index (χ2n) is 17.3. The molecule has 398 valence electrons. The van der Waals surface area contributed by atoms with Gasteiger partial charge in [0.25, 0.3) is 0 Å². The van der Waals surface area contributed by atoms with Crippen LogP contribution in [0.3, 0.4) is 0 Å². The van der Waals surface area contributed by atoms with Crippen molar-refractivity contribution in [2.45, 2.75) is 205 Å². The van der Waals surface area contributed by atoms with E-state index in [1.165, 1.54) is 25.7 Å². The minimum atomic E-state index is -5.08. The highest BCUT2D eigenvalue weighted by Crippen LogP contribution is 2.26. The first-order valence-corrected chi connectivity index (χ1v) is 27.7. The summed E-state index contributed by atoms with van der Waals surface area (Å²) in [5, 5.41) is 30.8. The molecule has 1 saturated heterocycles. The van der Waals surface area contributed by atoms with E-state index < -0.39 is 59.8 Å². The maximum Gasteiger partial charge on any atom is 0.397 e. The molecule has 1 aliphatic rings. The van der Waals surface area contributed by atoms with Crippen LogP contribution in [0.5, 0.6) is 0 Å². The topological polar surface area (TPSA) is 178 Å². The van der Waals surface area contributed by atoms with Crippen LogP contribution in [-0.4, -0.2) is 97.5 Å². The second-order valence-corrected chi connectivity index (χ2v) is 18.4. The first-order chi connectivity index (χ1) is 34.1. The summed E-state index contributed by atoms with van der Waals surface area (Å²) in [4.78, 5) is 12.9. The van der Waals surface area contributed by atoms with Crippen molar-refractivity contribution in [3.63, 3.8) is 0 Å². The van der Waals surface area contributed by atoms with Crippen LogP contribution in [0.4, 0.5) is 0 Å². The zero-order chi connectivity index (χ0) is 51.0. The number of carbonyl (C=O) groups is 1. The summed E-state index contributed by atoms with van der Waals surface area (Å²) in [5.41, 5.74) is 0. The predicted molar refractivity (Wildman–Crippen MR) is 284 cm³/mol. The van der Waals surface area contributed by atoms with Gasteiger partial charge in [-0.15, -0.1) is 0 Å². The van der Waals surface area contributed by atoms with Gasteiger partial charge in [0.1, 0.15) is 30.5 Å². The third-order valence-electron chi connectivity index (χ3n) is 11.1. The molecule has 0 amide bonds. The lowest BCUT2D eigenvalue weighted by atomic mass is 9.99. The summed E-state index contributed by atoms with van der Waals surface area (Å²) < 4.78 is 59.3. The van der Waals surface area contributed by atoms with E-state index in [1.807, 2.05) is 0 Å². The number of esters is 1. The molecule has 0 aromatic heterocycles. The largest absolute Gasteiger partial charge is 0.457 e. The number of rotatable bonds is 44. The molecule has 1 rings (SSSR count). The minimum Gasteiger partial charge on any atom is -0.457 e. The first-order valence-electron chi connectivity index (χ1n) is 26.3. The maximum absolute atomic E-state index is 12.9. The predicted octanol–water partition coefficient (Wildman–Crippen LogP) is 12.5. The number of unbranched alkanes of at least 4 members (excludes halogenated alkanes) is 11. The van der Waals surface area contributed by atoms with E-state index in [-0.39, 0.29) is 19.6 Å². The number of hydrogen-bond donors (Lipinski definition) is 4. The van der Waals surface area contributed by atoms with Crippen molar-refractivity contribution in [2.24, 2.45) is 0 Å². The van der Waals surface area contributed by atoms with Gasteiger partial charge in [-0.3, -0.25) is 9.35 Å². The fraction of sp³-hybridized carbons (Fsp3) is 0.632. The van der Waals surface area contributed by atoms with Crippen LogP contribution >= 0.6 is 0 Å². The number of carbonyl (C=O) groups excluding carboxylic acids is 1. The van der Waals surface area contributed by atoms with Crippen LogP contribution in [0.25, 0.3) is 0 Å². The van der Waals surface area contributed by atoms with Crippen molar-refractivity contribution in [1.29, 1.82) is 0 Å². The minimum absolute atomic E-state index is 0.00809. The molecule has 0 aromatic rings. The molecular formula is C57H92O12S. The Balaban J connectivity index is 2.40. The highest BCUT2D eigenvalue weighted by molar-refractivity contribution is 7.80. The Morgan fingerprint density at radius 2 is 0.943 bits per heavy atom. The summed E-state index contributed by atoms with van der Waals surface area (Å²) >= 11 is 0. The van der Waals surface area contributed by atoms with Crippen LogP contribution in [0.2, 0.25) is 0 Å². The second kappa shape index (κ2) is 46.6. The zero-order valence-electron chi connectivity index (χ0n) is 42.8. The molecule has 1 aliphatic heterocycles. The van der Waals surface area contributed by atoms with Gasteiger partial charge >= 0.3 is 16.4 Å². The van der Waals surface area contributed by atoms with Crippen LogP contribution in [0, 0.1) is 0 Å². The van der Waals surface area contributed by atoms with Crippen LogP contribution in [-0.2, 0) is 38.3 Å². The fourth-order valence-corrected chi connectivity index (χ4v) is 7.70. The molecule has 12 nitrogen and oxygen atoms in total. The molecule has 1 fully saturated rings. The third-order valence-corrected chi connectivity index (χ3v) is 11.5. The smallest absolute Gasteiger partial charge is 0.397 e. The van der Waals surface area contributed by atoms with Crippen LogP contribution < -0.4 is 0 Å². The van der Waals surface area contributed by atoms with E-state index >= 15 is 0 Å². The Bertz CT molecular complexity index is 1670. The molecule has 70 heavy (non-hydrogen) atoms. The van der Waals surface area contributed by atoms with E-state index in [4.69, 9.17) is 18.9 Å². The monoisotopic (exact) mass is 1000 g/mol. The van der Waals surface area contributed by atoms with Crippen molar-refractivity contribution in [1.82, 2.24) is 0 Å². The number of hydrogen-bond acceptors (Lipinski definition) is 11. The molecule has 6 unspecified atom stereocenters. The Morgan fingerprint density at radius 1 is 0.543 bits per heavy atom. The normalized spacial score (nSPS) is 20.1. The Morgan fingerprint density at radius 3 is 1.37 bits per heavy atom. The maximum atomic E-state index is 12.9. The average Bonchev–Trinajstić information content (AvgIpc) is 3.34. The summed E-state index contributed by atoms with van der Waals surface area (Å²) in [7, 11) is -5.08. The van der Waals surface area contributed by atoms with Gasteiger partial charge in [-0.1, -0.05) is 180 Å². The molecule has 0 aromatic carbocycles. The van der Waals surface area contributed by atoms with Gasteiger partial charge in [0.05, 0.1) is 19.8 Å². The number of allylic oxidation sites excluding steroid dienone is 20. The zero-order valence-corrected chi connectivity index (χ0v) is 43.6. The van der Waals surface area contributed by atoms with E-state index in [2.05, 4.69) is 140 Å². The number of aliphatic hydroxyl groups excluding tert-OH is 3. The molecule has 0 saturated carbocycles. The highest BCUT2D eigenvalue weighted by atomic mass is 32.3. The molecule has 6 atom stereocenters. The first kappa shape index (κ1) is 64.5. The molecule has 0 bridgehead atoms. The Hall–Kier alpha value is -3.50. The quantitative estimate of drug-likeness (QED) is 0.0197. The highest BCUT2D eigenvalue weighted by Gasteiger charge is 2.48. The van der Waals surface area contributed by atoms with Gasteiger partial charge in [-0.2, -0.15) is 8.42 Å². The van der Waals surface area contributed by atoms with Gasteiger partial charge in [0, 0.05) is 13.0 Å².